The predicted molar refractivity (Wildman–Crippen MR) is 114 cm³/mol. The van der Waals surface area contributed by atoms with Crippen LogP contribution in [0.3, 0.4) is 0 Å². The lowest BCUT2D eigenvalue weighted by Gasteiger charge is -2.15. The fraction of sp³-hybridized carbons (Fsp3) is 0.300. The number of ether oxygens (including phenoxy) is 1. The molecule has 0 unspecified atom stereocenters. The summed E-state index contributed by atoms with van der Waals surface area (Å²) in [6.07, 6.45) is 0. The molecule has 0 radical (unpaired) electrons. The van der Waals surface area contributed by atoms with Crippen LogP contribution >= 0.6 is 35.0 Å². The molecular formula is C20H20Cl2N2O2S. The number of fused-ring (bicyclic) bond motifs is 1. The molecule has 0 atom stereocenters. The van der Waals surface area contributed by atoms with Crippen molar-refractivity contribution < 1.29 is 4.74 Å². The highest BCUT2D eigenvalue weighted by Gasteiger charge is 2.13. The normalized spacial score (nSPS) is 11.3. The number of thioether (sulfide) groups is 1. The Morgan fingerprint density at radius 2 is 1.96 bits per heavy atom. The van der Waals surface area contributed by atoms with E-state index in [1.807, 2.05) is 18.2 Å². The van der Waals surface area contributed by atoms with Gasteiger partial charge in [0.1, 0.15) is 5.75 Å². The van der Waals surface area contributed by atoms with Crippen molar-refractivity contribution in [2.75, 3.05) is 12.4 Å². The van der Waals surface area contributed by atoms with E-state index in [1.54, 1.807) is 28.8 Å². The maximum atomic E-state index is 12.9. The summed E-state index contributed by atoms with van der Waals surface area (Å²) in [5, 5.41) is 2.40. The van der Waals surface area contributed by atoms with Gasteiger partial charge >= 0.3 is 0 Å². The van der Waals surface area contributed by atoms with E-state index in [0.717, 1.165) is 0 Å². The van der Waals surface area contributed by atoms with Gasteiger partial charge in [0.2, 0.25) is 0 Å². The van der Waals surface area contributed by atoms with Gasteiger partial charge in [0.05, 0.1) is 22.5 Å². The molecular weight excluding hydrogens is 403 g/mol. The third-order valence-electron chi connectivity index (χ3n) is 3.84. The molecule has 1 heterocycles. The summed E-state index contributed by atoms with van der Waals surface area (Å²) in [5.74, 6) is 1.62. The van der Waals surface area contributed by atoms with Crippen molar-refractivity contribution in [3.63, 3.8) is 0 Å². The number of hydrogen-bond donors (Lipinski definition) is 0. The predicted octanol–water partition coefficient (Wildman–Crippen LogP) is 5.53. The summed E-state index contributed by atoms with van der Waals surface area (Å²) < 4.78 is 7.46. The highest BCUT2D eigenvalue weighted by molar-refractivity contribution is 7.99. The Labute approximate surface area is 172 Å². The molecule has 0 N–H and O–H groups in total. The average Bonchev–Trinajstić information content (AvgIpc) is 2.62. The van der Waals surface area contributed by atoms with Crippen molar-refractivity contribution in [3.8, 4) is 5.75 Å². The van der Waals surface area contributed by atoms with E-state index in [4.69, 9.17) is 27.9 Å². The van der Waals surface area contributed by atoms with Crippen molar-refractivity contribution in [2.45, 2.75) is 25.5 Å². The molecule has 0 saturated carbocycles. The molecule has 1 aromatic heterocycles. The van der Waals surface area contributed by atoms with Crippen molar-refractivity contribution >= 4 is 45.9 Å². The standard InChI is InChI=1S/C20H20Cl2N2O2S/c1-13(2)12-24-19(25)15-8-7-14(21)11-17(15)23-20(24)27-10-9-26-18-6-4-3-5-16(18)22/h3-8,11,13H,9-10,12H2,1-2H3. The Balaban J connectivity index is 1.81. The zero-order chi connectivity index (χ0) is 19.4. The summed E-state index contributed by atoms with van der Waals surface area (Å²) >= 11 is 13.7. The number of nitrogens with zero attached hydrogens (tertiary/aromatic N) is 2. The third-order valence-corrected chi connectivity index (χ3v) is 5.33. The smallest absolute Gasteiger partial charge is 0.262 e. The van der Waals surface area contributed by atoms with Crippen molar-refractivity contribution in [3.05, 3.63) is 62.9 Å². The van der Waals surface area contributed by atoms with Crippen LogP contribution in [0.25, 0.3) is 10.9 Å². The van der Waals surface area contributed by atoms with Gasteiger partial charge in [-0.25, -0.2) is 4.98 Å². The fourth-order valence-electron chi connectivity index (χ4n) is 2.66. The zero-order valence-corrected chi connectivity index (χ0v) is 17.4. The van der Waals surface area contributed by atoms with E-state index < -0.39 is 0 Å². The van der Waals surface area contributed by atoms with Crippen LogP contribution < -0.4 is 10.3 Å². The number of benzene rings is 2. The van der Waals surface area contributed by atoms with E-state index in [-0.39, 0.29) is 5.56 Å². The molecule has 142 valence electrons. The second kappa shape index (κ2) is 9.00. The summed E-state index contributed by atoms with van der Waals surface area (Å²) in [5.41, 5.74) is 0.571. The molecule has 4 nitrogen and oxygen atoms in total. The average molecular weight is 423 g/mol. The van der Waals surface area contributed by atoms with Crippen LogP contribution in [0.1, 0.15) is 13.8 Å². The van der Waals surface area contributed by atoms with E-state index in [0.29, 0.717) is 56.7 Å². The Bertz CT molecular complexity index is 1000. The van der Waals surface area contributed by atoms with Crippen LogP contribution in [0.2, 0.25) is 10.0 Å². The second-order valence-corrected chi connectivity index (χ2v) is 8.40. The van der Waals surface area contributed by atoms with Crippen molar-refractivity contribution in [1.82, 2.24) is 9.55 Å². The molecule has 27 heavy (non-hydrogen) atoms. The minimum absolute atomic E-state index is 0.0418. The second-order valence-electron chi connectivity index (χ2n) is 6.49. The van der Waals surface area contributed by atoms with Crippen LogP contribution in [0.4, 0.5) is 0 Å². The highest BCUT2D eigenvalue weighted by Crippen LogP contribution is 2.24. The Morgan fingerprint density at radius 3 is 2.70 bits per heavy atom. The summed E-state index contributed by atoms with van der Waals surface area (Å²) in [6.45, 7) is 5.22. The molecule has 0 spiro atoms. The molecule has 0 aliphatic carbocycles. The van der Waals surface area contributed by atoms with E-state index >= 15 is 0 Å². The maximum Gasteiger partial charge on any atom is 0.262 e. The lowest BCUT2D eigenvalue weighted by atomic mass is 10.2. The number of rotatable bonds is 7. The van der Waals surface area contributed by atoms with E-state index in [9.17, 15) is 4.79 Å². The minimum atomic E-state index is -0.0418. The summed E-state index contributed by atoms with van der Waals surface area (Å²) in [6, 6.07) is 12.5. The monoisotopic (exact) mass is 422 g/mol. The van der Waals surface area contributed by atoms with Gasteiger partial charge in [-0.1, -0.05) is 60.9 Å². The molecule has 2 aromatic carbocycles. The Kier molecular flexibility index (Phi) is 6.68. The lowest BCUT2D eigenvalue weighted by molar-refractivity contribution is 0.344. The molecule has 0 amide bonds. The largest absolute Gasteiger partial charge is 0.491 e. The molecule has 0 saturated heterocycles. The van der Waals surface area contributed by atoms with Crippen molar-refractivity contribution in [2.24, 2.45) is 5.92 Å². The van der Waals surface area contributed by atoms with E-state index in [1.165, 1.54) is 11.8 Å². The van der Waals surface area contributed by atoms with Gasteiger partial charge in [-0.3, -0.25) is 9.36 Å². The van der Waals surface area contributed by atoms with Gasteiger partial charge in [0, 0.05) is 17.3 Å². The fourth-order valence-corrected chi connectivity index (χ4v) is 3.84. The molecule has 0 bridgehead atoms. The molecule has 7 heteroatoms. The van der Waals surface area contributed by atoms with Crippen LogP contribution in [0, 0.1) is 5.92 Å². The molecule has 0 aliphatic heterocycles. The lowest BCUT2D eigenvalue weighted by Crippen LogP contribution is -2.25. The van der Waals surface area contributed by atoms with Crippen LogP contribution in [-0.4, -0.2) is 21.9 Å². The Hall–Kier alpha value is -1.69. The van der Waals surface area contributed by atoms with Crippen molar-refractivity contribution in [1.29, 1.82) is 0 Å². The van der Waals surface area contributed by atoms with E-state index in [2.05, 4.69) is 18.8 Å². The van der Waals surface area contributed by atoms with Gasteiger partial charge in [-0.05, 0) is 36.2 Å². The number of hydrogen-bond acceptors (Lipinski definition) is 4. The summed E-state index contributed by atoms with van der Waals surface area (Å²) in [4.78, 5) is 17.6. The van der Waals surface area contributed by atoms with Crippen LogP contribution in [0.5, 0.6) is 5.75 Å². The van der Waals surface area contributed by atoms with Crippen LogP contribution in [-0.2, 0) is 6.54 Å². The Morgan fingerprint density at radius 1 is 1.19 bits per heavy atom. The zero-order valence-electron chi connectivity index (χ0n) is 15.1. The first-order valence-corrected chi connectivity index (χ1v) is 10.4. The topological polar surface area (TPSA) is 44.1 Å². The molecule has 0 aliphatic rings. The number of halogens is 2. The molecule has 3 aromatic rings. The number of para-hydroxylation sites is 1. The van der Waals surface area contributed by atoms with Gasteiger partial charge in [-0.2, -0.15) is 0 Å². The SMILES string of the molecule is CC(C)Cn1c(SCCOc2ccccc2Cl)nc2cc(Cl)ccc2c1=O. The van der Waals surface area contributed by atoms with Gasteiger partial charge in [0.15, 0.2) is 5.16 Å². The van der Waals surface area contributed by atoms with Gasteiger partial charge in [-0.15, -0.1) is 0 Å². The quantitative estimate of drug-likeness (QED) is 0.285. The molecule has 3 rings (SSSR count). The first-order valence-electron chi connectivity index (χ1n) is 8.66. The number of aromatic nitrogens is 2. The third kappa shape index (κ3) is 4.98. The maximum absolute atomic E-state index is 12.9. The first-order chi connectivity index (χ1) is 13.0. The first kappa shape index (κ1) is 20.1. The van der Waals surface area contributed by atoms with Gasteiger partial charge < -0.3 is 4.74 Å². The summed E-state index contributed by atoms with van der Waals surface area (Å²) in [7, 11) is 0. The van der Waals surface area contributed by atoms with Gasteiger partial charge in [0.25, 0.3) is 5.56 Å². The highest BCUT2D eigenvalue weighted by atomic mass is 35.5. The molecule has 0 fully saturated rings. The minimum Gasteiger partial charge on any atom is -0.491 e. The van der Waals surface area contributed by atoms with Crippen LogP contribution in [0.15, 0.2) is 52.4 Å².